The lowest BCUT2D eigenvalue weighted by molar-refractivity contribution is -0.121. The van der Waals surface area contributed by atoms with Gasteiger partial charge in [-0.25, -0.2) is 0 Å². The van der Waals surface area contributed by atoms with E-state index in [-0.39, 0.29) is 11.9 Å². The Morgan fingerprint density at radius 3 is 2.86 bits per heavy atom. The molecule has 0 saturated heterocycles. The zero-order chi connectivity index (χ0) is 15.2. The summed E-state index contributed by atoms with van der Waals surface area (Å²) in [5.74, 6) is 0.330. The van der Waals surface area contributed by atoms with Crippen LogP contribution in [0, 0.1) is 17.2 Å². The lowest BCUT2D eigenvalue weighted by atomic mass is 10.0. The minimum absolute atomic E-state index is 0.0625. The Kier molecular flexibility index (Phi) is 4.99. The summed E-state index contributed by atoms with van der Waals surface area (Å²) in [6.07, 6.45) is 3.72. The van der Waals surface area contributed by atoms with E-state index in [4.69, 9.17) is 5.26 Å². The Morgan fingerprint density at radius 2 is 2.14 bits per heavy atom. The van der Waals surface area contributed by atoms with Crippen molar-refractivity contribution in [2.75, 3.05) is 0 Å². The molecular formula is C17H21N3O. The Bertz CT molecular complexity index is 651. The molecule has 4 nitrogen and oxygen atoms in total. The summed E-state index contributed by atoms with van der Waals surface area (Å²) in [6, 6.07) is 9.81. The molecule has 1 aromatic carbocycles. The number of aryl methyl sites for hydroxylation is 1. The van der Waals surface area contributed by atoms with Crippen LogP contribution in [0.2, 0.25) is 0 Å². The van der Waals surface area contributed by atoms with Crippen LogP contribution in [0.4, 0.5) is 0 Å². The first kappa shape index (κ1) is 15.1. The predicted molar refractivity (Wildman–Crippen MR) is 83.6 cm³/mol. The maximum atomic E-state index is 12.0. The topological polar surface area (TPSA) is 68.7 Å². The van der Waals surface area contributed by atoms with E-state index >= 15 is 0 Å². The van der Waals surface area contributed by atoms with Gasteiger partial charge in [0.25, 0.3) is 0 Å². The summed E-state index contributed by atoms with van der Waals surface area (Å²) in [4.78, 5) is 15.2. The van der Waals surface area contributed by atoms with E-state index < -0.39 is 0 Å². The number of nitriles is 1. The summed E-state index contributed by atoms with van der Waals surface area (Å²) in [6.45, 7) is 4.09. The molecule has 0 aliphatic carbocycles. The molecule has 0 fully saturated rings. The summed E-state index contributed by atoms with van der Waals surface area (Å²) < 4.78 is 0. The molecule has 2 N–H and O–H groups in total. The molecule has 2 aromatic rings. The number of amides is 1. The monoisotopic (exact) mass is 283 g/mol. The molecule has 0 radical (unpaired) electrons. The SMILES string of the molecule is CC(C)CC(C#N)NC(=O)CCc1c[nH]c2ccccc12. The van der Waals surface area contributed by atoms with Crippen LogP contribution < -0.4 is 5.32 Å². The Balaban J connectivity index is 1.91. The predicted octanol–water partition coefficient (Wildman–Crippen LogP) is 3.15. The lowest BCUT2D eigenvalue weighted by Gasteiger charge is -2.13. The van der Waals surface area contributed by atoms with Gasteiger partial charge in [0, 0.05) is 23.5 Å². The highest BCUT2D eigenvalue weighted by Gasteiger charge is 2.13. The molecule has 0 aliphatic rings. The number of hydrogen-bond donors (Lipinski definition) is 2. The number of fused-ring (bicyclic) bond motifs is 1. The zero-order valence-electron chi connectivity index (χ0n) is 12.5. The van der Waals surface area contributed by atoms with E-state index in [2.05, 4.69) is 22.4 Å². The van der Waals surface area contributed by atoms with Crippen LogP contribution in [-0.2, 0) is 11.2 Å². The van der Waals surface area contributed by atoms with Crippen molar-refractivity contribution in [2.45, 2.75) is 39.2 Å². The summed E-state index contributed by atoms with van der Waals surface area (Å²) >= 11 is 0. The highest BCUT2D eigenvalue weighted by atomic mass is 16.1. The second-order valence-corrected chi connectivity index (χ2v) is 5.74. The number of para-hydroxylation sites is 1. The molecule has 2 rings (SSSR count). The molecule has 110 valence electrons. The van der Waals surface area contributed by atoms with Crippen LogP contribution in [-0.4, -0.2) is 16.9 Å². The average Bonchev–Trinajstić information content (AvgIpc) is 2.87. The van der Waals surface area contributed by atoms with Crippen LogP contribution in [0.1, 0.15) is 32.3 Å². The number of benzene rings is 1. The highest BCUT2D eigenvalue weighted by molar-refractivity contribution is 5.84. The van der Waals surface area contributed by atoms with Gasteiger partial charge in [-0.1, -0.05) is 32.0 Å². The fourth-order valence-corrected chi connectivity index (χ4v) is 2.47. The van der Waals surface area contributed by atoms with Crippen molar-refractivity contribution in [3.05, 3.63) is 36.0 Å². The number of H-pyrrole nitrogens is 1. The number of aromatic nitrogens is 1. The summed E-state index contributed by atoms with van der Waals surface area (Å²) in [5, 5.41) is 13.0. The number of nitrogens with one attached hydrogen (secondary N) is 2. The van der Waals surface area contributed by atoms with Crippen molar-refractivity contribution in [2.24, 2.45) is 5.92 Å². The largest absolute Gasteiger partial charge is 0.361 e. The van der Waals surface area contributed by atoms with Gasteiger partial charge < -0.3 is 10.3 Å². The second-order valence-electron chi connectivity index (χ2n) is 5.74. The van der Waals surface area contributed by atoms with Crippen LogP contribution in [0.15, 0.2) is 30.5 Å². The third-order valence-corrected chi connectivity index (χ3v) is 3.49. The maximum Gasteiger partial charge on any atom is 0.221 e. The van der Waals surface area contributed by atoms with Gasteiger partial charge in [-0.2, -0.15) is 5.26 Å². The molecular weight excluding hydrogens is 262 g/mol. The zero-order valence-corrected chi connectivity index (χ0v) is 12.5. The number of nitrogens with zero attached hydrogens (tertiary/aromatic N) is 1. The molecule has 1 amide bonds. The van der Waals surface area contributed by atoms with E-state index in [1.54, 1.807) is 0 Å². The van der Waals surface area contributed by atoms with Crippen molar-refractivity contribution < 1.29 is 4.79 Å². The first-order valence-electron chi connectivity index (χ1n) is 7.34. The normalized spacial score (nSPS) is 12.3. The fraction of sp³-hybridized carbons (Fsp3) is 0.412. The third kappa shape index (κ3) is 4.09. The molecule has 1 heterocycles. The van der Waals surface area contributed by atoms with Gasteiger partial charge in [0.15, 0.2) is 0 Å². The quantitative estimate of drug-likeness (QED) is 0.855. The van der Waals surface area contributed by atoms with Gasteiger partial charge in [0.2, 0.25) is 5.91 Å². The number of hydrogen-bond acceptors (Lipinski definition) is 2. The molecule has 1 atom stereocenters. The van der Waals surface area contributed by atoms with Gasteiger partial charge in [-0.15, -0.1) is 0 Å². The highest BCUT2D eigenvalue weighted by Crippen LogP contribution is 2.18. The molecule has 21 heavy (non-hydrogen) atoms. The first-order valence-corrected chi connectivity index (χ1v) is 7.34. The molecule has 0 aliphatic heterocycles. The minimum Gasteiger partial charge on any atom is -0.361 e. The average molecular weight is 283 g/mol. The Labute approximate surface area is 125 Å². The standard InChI is InChI=1S/C17H21N3O/c1-12(2)9-14(10-18)20-17(21)8-7-13-11-19-16-6-4-3-5-15(13)16/h3-6,11-12,14,19H,7-9H2,1-2H3,(H,20,21). The second kappa shape index (κ2) is 6.94. The summed E-state index contributed by atoms with van der Waals surface area (Å²) in [5.41, 5.74) is 2.22. The third-order valence-electron chi connectivity index (χ3n) is 3.49. The number of carbonyl (C=O) groups is 1. The number of rotatable bonds is 6. The van der Waals surface area contributed by atoms with Gasteiger partial charge in [-0.05, 0) is 30.4 Å². The van der Waals surface area contributed by atoms with E-state index in [0.29, 0.717) is 25.2 Å². The van der Waals surface area contributed by atoms with Gasteiger partial charge in [0.1, 0.15) is 6.04 Å². The van der Waals surface area contributed by atoms with Crippen molar-refractivity contribution in [3.8, 4) is 6.07 Å². The smallest absolute Gasteiger partial charge is 0.221 e. The van der Waals surface area contributed by atoms with E-state index in [1.165, 1.54) is 0 Å². The van der Waals surface area contributed by atoms with Gasteiger partial charge >= 0.3 is 0 Å². The molecule has 4 heteroatoms. The Hall–Kier alpha value is -2.28. The molecule has 0 bridgehead atoms. The molecule has 0 spiro atoms. The van der Waals surface area contributed by atoms with Crippen molar-refractivity contribution in [3.63, 3.8) is 0 Å². The van der Waals surface area contributed by atoms with Crippen molar-refractivity contribution >= 4 is 16.8 Å². The number of aromatic amines is 1. The van der Waals surface area contributed by atoms with Gasteiger partial charge in [0.05, 0.1) is 6.07 Å². The minimum atomic E-state index is -0.388. The van der Waals surface area contributed by atoms with E-state index in [9.17, 15) is 4.79 Å². The van der Waals surface area contributed by atoms with Crippen LogP contribution in [0.25, 0.3) is 10.9 Å². The molecule has 0 saturated carbocycles. The van der Waals surface area contributed by atoms with Crippen LogP contribution >= 0.6 is 0 Å². The molecule has 1 unspecified atom stereocenters. The number of carbonyl (C=O) groups excluding carboxylic acids is 1. The first-order chi connectivity index (χ1) is 10.1. The van der Waals surface area contributed by atoms with Crippen molar-refractivity contribution in [1.82, 2.24) is 10.3 Å². The Morgan fingerprint density at radius 1 is 1.38 bits per heavy atom. The van der Waals surface area contributed by atoms with Crippen LogP contribution in [0.5, 0.6) is 0 Å². The summed E-state index contributed by atoms with van der Waals surface area (Å²) in [7, 11) is 0. The van der Waals surface area contributed by atoms with Crippen molar-refractivity contribution in [1.29, 1.82) is 5.26 Å². The molecule has 1 aromatic heterocycles. The van der Waals surface area contributed by atoms with Gasteiger partial charge in [-0.3, -0.25) is 4.79 Å². The van der Waals surface area contributed by atoms with E-state index in [0.717, 1.165) is 16.5 Å². The van der Waals surface area contributed by atoms with E-state index in [1.807, 2.05) is 38.2 Å². The lowest BCUT2D eigenvalue weighted by Crippen LogP contribution is -2.34. The van der Waals surface area contributed by atoms with Crippen LogP contribution in [0.3, 0.4) is 0 Å². The maximum absolute atomic E-state index is 12.0. The fourth-order valence-electron chi connectivity index (χ4n) is 2.47.